The van der Waals surface area contributed by atoms with E-state index in [9.17, 15) is 4.79 Å². The molecule has 1 heterocycles. The van der Waals surface area contributed by atoms with Crippen LogP contribution in [0.2, 0.25) is 0 Å². The lowest BCUT2D eigenvalue weighted by Gasteiger charge is -2.36. The number of hydrogen-bond acceptors (Lipinski definition) is 4. The molecule has 3 rings (SSSR count). The Kier molecular flexibility index (Phi) is 6.70. The zero-order valence-corrected chi connectivity index (χ0v) is 18.3. The summed E-state index contributed by atoms with van der Waals surface area (Å²) < 4.78 is 5.80. The van der Waals surface area contributed by atoms with Crippen LogP contribution in [0.15, 0.2) is 60.0 Å². The minimum atomic E-state index is -0.264. The van der Waals surface area contributed by atoms with Gasteiger partial charge in [0.1, 0.15) is 17.4 Å². The van der Waals surface area contributed by atoms with Crippen molar-refractivity contribution >= 4 is 17.2 Å². The van der Waals surface area contributed by atoms with Crippen molar-refractivity contribution in [1.29, 1.82) is 0 Å². The van der Waals surface area contributed by atoms with Crippen molar-refractivity contribution < 1.29 is 9.53 Å². The average Bonchev–Trinajstić information content (AvgIpc) is 3.13. The number of ether oxygens (including phenoxy) is 1. The van der Waals surface area contributed by atoms with Crippen molar-refractivity contribution in [1.82, 2.24) is 9.88 Å². The van der Waals surface area contributed by atoms with Crippen molar-refractivity contribution in [3.63, 3.8) is 0 Å². The molecule has 0 aliphatic heterocycles. The quantitative estimate of drug-likeness (QED) is 0.526. The maximum atomic E-state index is 13.0. The van der Waals surface area contributed by atoms with E-state index >= 15 is 0 Å². The zero-order chi connectivity index (χ0) is 20.9. The molecule has 1 aromatic heterocycles. The van der Waals surface area contributed by atoms with Gasteiger partial charge >= 0.3 is 0 Å². The van der Waals surface area contributed by atoms with E-state index in [1.54, 1.807) is 0 Å². The highest BCUT2D eigenvalue weighted by molar-refractivity contribution is 7.09. The summed E-state index contributed by atoms with van der Waals surface area (Å²) in [6.07, 6.45) is 0.297. The van der Waals surface area contributed by atoms with E-state index in [0.717, 1.165) is 22.0 Å². The van der Waals surface area contributed by atoms with E-state index in [0.29, 0.717) is 19.6 Å². The van der Waals surface area contributed by atoms with E-state index in [2.05, 4.69) is 37.9 Å². The molecule has 0 saturated carbocycles. The van der Waals surface area contributed by atoms with Crippen LogP contribution in [0.1, 0.15) is 42.6 Å². The van der Waals surface area contributed by atoms with Crippen LogP contribution in [0.25, 0.3) is 0 Å². The first-order valence-electron chi connectivity index (χ1n) is 9.78. The summed E-state index contributed by atoms with van der Waals surface area (Å²) in [5.41, 5.74) is 2.86. The second-order valence-electron chi connectivity index (χ2n) is 8.15. The number of hydrogen-bond donors (Lipinski definition) is 0. The van der Waals surface area contributed by atoms with Crippen LogP contribution in [0.4, 0.5) is 0 Å². The minimum absolute atomic E-state index is 0.0812. The van der Waals surface area contributed by atoms with Crippen molar-refractivity contribution in [2.24, 2.45) is 0 Å². The smallest absolute Gasteiger partial charge is 0.229 e. The minimum Gasteiger partial charge on any atom is -0.486 e. The topological polar surface area (TPSA) is 42.4 Å². The van der Waals surface area contributed by atoms with E-state index in [4.69, 9.17) is 4.74 Å². The zero-order valence-electron chi connectivity index (χ0n) is 17.5. The average molecular weight is 409 g/mol. The Morgan fingerprint density at radius 3 is 2.41 bits per heavy atom. The molecule has 0 saturated heterocycles. The van der Waals surface area contributed by atoms with Crippen LogP contribution >= 0.6 is 11.3 Å². The fraction of sp³-hybridized carbons (Fsp3) is 0.333. The number of aromatic nitrogens is 1. The van der Waals surface area contributed by atoms with Gasteiger partial charge in [0.25, 0.3) is 0 Å². The monoisotopic (exact) mass is 408 g/mol. The molecule has 5 heteroatoms. The first-order valence-corrected chi connectivity index (χ1v) is 10.7. The number of aryl methyl sites for hydroxylation is 1. The van der Waals surface area contributed by atoms with Gasteiger partial charge in [-0.2, -0.15) is 0 Å². The Labute approximate surface area is 177 Å². The molecule has 0 N–H and O–H groups in total. The first-order chi connectivity index (χ1) is 13.8. The van der Waals surface area contributed by atoms with Crippen LogP contribution in [0.3, 0.4) is 0 Å². The maximum Gasteiger partial charge on any atom is 0.229 e. The molecule has 0 fully saturated rings. The molecule has 2 aromatic carbocycles. The largest absolute Gasteiger partial charge is 0.486 e. The van der Waals surface area contributed by atoms with Crippen molar-refractivity contribution in [3.8, 4) is 5.75 Å². The van der Waals surface area contributed by atoms with Gasteiger partial charge in [-0.15, -0.1) is 11.3 Å². The van der Waals surface area contributed by atoms with Crippen molar-refractivity contribution in [2.75, 3.05) is 0 Å². The molecule has 0 atom stereocenters. The van der Waals surface area contributed by atoms with E-state index in [1.165, 1.54) is 16.9 Å². The van der Waals surface area contributed by atoms with Gasteiger partial charge in [0, 0.05) is 17.5 Å². The van der Waals surface area contributed by atoms with Crippen LogP contribution in [0.5, 0.6) is 5.75 Å². The molecule has 0 aliphatic carbocycles. The molecule has 1 amide bonds. The Morgan fingerprint density at radius 2 is 1.76 bits per heavy atom. The fourth-order valence-corrected chi connectivity index (χ4v) is 3.70. The van der Waals surface area contributed by atoms with Crippen LogP contribution in [-0.4, -0.2) is 21.3 Å². The molecule has 0 unspecified atom stereocenters. The number of rotatable bonds is 7. The maximum absolute atomic E-state index is 13.0. The highest BCUT2D eigenvalue weighted by Gasteiger charge is 2.27. The summed E-state index contributed by atoms with van der Waals surface area (Å²) >= 11 is 1.53. The van der Waals surface area contributed by atoms with Crippen molar-refractivity contribution in [2.45, 2.75) is 52.8 Å². The third kappa shape index (κ3) is 6.16. The molecule has 29 heavy (non-hydrogen) atoms. The molecule has 4 nitrogen and oxygen atoms in total. The summed E-state index contributed by atoms with van der Waals surface area (Å²) in [5.74, 6) is 0.905. The molecular weight excluding hydrogens is 380 g/mol. The van der Waals surface area contributed by atoms with Gasteiger partial charge in [0.15, 0.2) is 0 Å². The number of nitrogens with zero attached hydrogens (tertiary/aromatic N) is 2. The lowest BCUT2D eigenvalue weighted by molar-refractivity contribution is -0.136. The number of benzene rings is 2. The van der Waals surface area contributed by atoms with Gasteiger partial charge in [0.05, 0.1) is 12.1 Å². The summed E-state index contributed by atoms with van der Waals surface area (Å²) in [4.78, 5) is 19.6. The lowest BCUT2D eigenvalue weighted by atomic mass is 10.0. The van der Waals surface area contributed by atoms with Gasteiger partial charge in [0.2, 0.25) is 5.91 Å². The van der Waals surface area contributed by atoms with Crippen LogP contribution in [-0.2, 0) is 24.4 Å². The van der Waals surface area contributed by atoms with Gasteiger partial charge in [-0.1, -0.05) is 48.0 Å². The fourth-order valence-electron chi connectivity index (χ4n) is 2.99. The van der Waals surface area contributed by atoms with E-state index in [-0.39, 0.29) is 11.4 Å². The first kappa shape index (κ1) is 21.1. The van der Waals surface area contributed by atoms with Crippen molar-refractivity contribution in [3.05, 3.63) is 81.8 Å². The lowest BCUT2D eigenvalue weighted by Crippen LogP contribution is -2.45. The normalized spacial score (nSPS) is 11.3. The highest BCUT2D eigenvalue weighted by Crippen LogP contribution is 2.21. The Balaban J connectivity index is 1.62. The predicted molar refractivity (Wildman–Crippen MR) is 118 cm³/mol. The van der Waals surface area contributed by atoms with E-state index in [1.807, 2.05) is 59.7 Å². The van der Waals surface area contributed by atoms with Gasteiger partial charge in [-0.05, 0) is 45.4 Å². The molecule has 0 bridgehead atoms. The number of thiazole rings is 1. The molecule has 3 aromatic rings. The summed E-state index contributed by atoms with van der Waals surface area (Å²) in [6.45, 7) is 9.25. The van der Waals surface area contributed by atoms with Gasteiger partial charge < -0.3 is 9.64 Å². The molecular formula is C24H28N2O2S. The third-order valence-electron chi connectivity index (χ3n) is 4.61. The Hall–Kier alpha value is -2.66. The number of amides is 1. The Morgan fingerprint density at radius 1 is 1.07 bits per heavy atom. The number of carbonyl (C=O) groups is 1. The highest BCUT2D eigenvalue weighted by atomic mass is 32.1. The van der Waals surface area contributed by atoms with Gasteiger partial charge in [-0.25, -0.2) is 4.98 Å². The van der Waals surface area contributed by atoms with Crippen LogP contribution in [0, 0.1) is 6.92 Å². The van der Waals surface area contributed by atoms with Gasteiger partial charge in [-0.3, -0.25) is 4.79 Å². The SMILES string of the molecule is Cc1ccc(OCc2nc(CC(=O)N(Cc3ccccc3)C(C)(C)C)cs2)cc1. The Bertz CT molecular complexity index is 928. The summed E-state index contributed by atoms with van der Waals surface area (Å²) in [7, 11) is 0. The second kappa shape index (κ2) is 9.23. The second-order valence-corrected chi connectivity index (χ2v) is 9.09. The van der Waals surface area contributed by atoms with E-state index < -0.39 is 0 Å². The molecule has 0 spiro atoms. The molecule has 0 aliphatic rings. The molecule has 152 valence electrons. The summed E-state index contributed by atoms with van der Waals surface area (Å²) in [6, 6.07) is 18.1. The standard InChI is InChI=1S/C24H28N2O2S/c1-18-10-12-21(13-11-18)28-16-22-25-20(17-29-22)14-23(27)26(24(2,3)4)15-19-8-6-5-7-9-19/h5-13,17H,14-16H2,1-4H3. The number of carbonyl (C=O) groups excluding carboxylic acids is 1. The summed E-state index contributed by atoms with van der Waals surface area (Å²) in [5, 5.41) is 2.83. The molecule has 0 radical (unpaired) electrons. The third-order valence-corrected chi connectivity index (χ3v) is 5.48. The predicted octanol–water partition coefficient (Wildman–Crippen LogP) is 5.40. The van der Waals surface area contributed by atoms with Crippen LogP contribution < -0.4 is 4.74 Å².